The van der Waals surface area contributed by atoms with Gasteiger partial charge in [0.2, 0.25) is 10.0 Å². The molecule has 0 saturated carbocycles. The molecule has 0 spiro atoms. The Morgan fingerprint density at radius 2 is 2.11 bits per heavy atom. The SMILES string of the molecule is COCCOCCCNC(=O)c1ccc(Cl)c(S(=O)(=O)N2CCCC(C)C2)c1. The highest BCUT2D eigenvalue weighted by Gasteiger charge is 2.30. The molecule has 0 aliphatic carbocycles. The van der Waals surface area contributed by atoms with Crippen LogP contribution in [0.4, 0.5) is 0 Å². The van der Waals surface area contributed by atoms with Gasteiger partial charge in [-0.25, -0.2) is 8.42 Å². The molecule has 2 rings (SSSR count). The third kappa shape index (κ3) is 6.42. The molecule has 1 amide bonds. The van der Waals surface area contributed by atoms with E-state index in [4.69, 9.17) is 21.1 Å². The van der Waals surface area contributed by atoms with Crippen LogP contribution in [0.15, 0.2) is 23.1 Å². The maximum Gasteiger partial charge on any atom is 0.251 e. The molecule has 28 heavy (non-hydrogen) atoms. The van der Waals surface area contributed by atoms with Crippen LogP contribution >= 0.6 is 11.6 Å². The summed E-state index contributed by atoms with van der Waals surface area (Å²) in [5, 5.41) is 2.90. The van der Waals surface area contributed by atoms with Crippen LogP contribution in [-0.4, -0.2) is 65.2 Å². The Labute approximate surface area is 172 Å². The van der Waals surface area contributed by atoms with E-state index in [1.54, 1.807) is 7.11 Å². The second-order valence-electron chi connectivity index (χ2n) is 6.97. The van der Waals surface area contributed by atoms with Crippen LogP contribution in [-0.2, 0) is 19.5 Å². The average Bonchev–Trinajstić information content (AvgIpc) is 2.67. The summed E-state index contributed by atoms with van der Waals surface area (Å²) in [6.07, 6.45) is 2.49. The van der Waals surface area contributed by atoms with Crippen molar-refractivity contribution in [2.45, 2.75) is 31.1 Å². The molecule has 0 radical (unpaired) electrons. The molecule has 1 N–H and O–H groups in total. The lowest BCUT2D eigenvalue weighted by Crippen LogP contribution is -2.39. The number of sulfonamides is 1. The van der Waals surface area contributed by atoms with E-state index >= 15 is 0 Å². The number of ether oxygens (including phenoxy) is 2. The molecule has 1 aliphatic rings. The molecule has 1 heterocycles. The van der Waals surface area contributed by atoms with E-state index in [0.717, 1.165) is 12.8 Å². The van der Waals surface area contributed by atoms with Gasteiger partial charge < -0.3 is 14.8 Å². The number of nitrogens with one attached hydrogen (secondary N) is 1. The first-order valence-corrected chi connectivity index (χ1v) is 11.3. The van der Waals surface area contributed by atoms with Crippen LogP contribution in [0.25, 0.3) is 0 Å². The van der Waals surface area contributed by atoms with E-state index in [2.05, 4.69) is 5.32 Å². The third-order valence-electron chi connectivity index (χ3n) is 4.61. The van der Waals surface area contributed by atoms with Crippen LogP contribution in [0, 0.1) is 5.92 Å². The largest absolute Gasteiger partial charge is 0.382 e. The number of nitrogens with zero attached hydrogens (tertiary/aromatic N) is 1. The molecule has 1 aliphatic heterocycles. The Bertz CT molecular complexity index is 757. The minimum atomic E-state index is -3.73. The standard InChI is InChI=1S/C19H29ClN2O5S/c1-15-5-3-9-22(14-15)28(24,25)18-13-16(6-7-17(18)20)19(23)21-8-4-10-27-12-11-26-2/h6-7,13,15H,3-5,8-12,14H2,1-2H3,(H,21,23). The minimum absolute atomic E-state index is 0.0150. The second kappa shape index (κ2) is 11.1. The van der Waals surface area contributed by atoms with E-state index in [0.29, 0.717) is 51.8 Å². The number of carbonyl (C=O) groups excluding carboxylic acids is 1. The van der Waals surface area contributed by atoms with E-state index in [1.807, 2.05) is 6.92 Å². The maximum absolute atomic E-state index is 13.0. The fourth-order valence-corrected chi connectivity index (χ4v) is 5.17. The number of carbonyl (C=O) groups is 1. The Kier molecular flexibility index (Phi) is 9.17. The lowest BCUT2D eigenvalue weighted by atomic mass is 10.0. The minimum Gasteiger partial charge on any atom is -0.382 e. The van der Waals surface area contributed by atoms with Crippen molar-refractivity contribution in [2.24, 2.45) is 5.92 Å². The van der Waals surface area contributed by atoms with Crippen molar-refractivity contribution in [3.63, 3.8) is 0 Å². The average molecular weight is 433 g/mol. The van der Waals surface area contributed by atoms with Crippen molar-refractivity contribution >= 4 is 27.5 Å². The monoisotopic (exact) mass is 432 g/mol. The fraction of sp³-hybridized carbons (Fsp3) is 0.632. The van der Waals surface area contributed by atoms with E-state index < -0.39 is 10.0 Å². The van der Waals surface area contributed by atoms with Gasteiger partial charge in [0.1, 0.15) is 4.90 Å². The third-order valence-corrected chi connectivity index (χ3v) is 6.96. The maximum atomic E-state index is 13.0. The number of hydrogen-bond donors (Lipinski definition) is 1. The van der Waals surface area contributed by atoms with Crippen molar-refractivity contribution < 1.29 is 22.7 Å². The van der Waals surface area contributed by atoms with Crippen molar-refractivity contribution in [2.75, 3.05) is 46.6 Å². The van der Waals surface area contributed by atoms with Crippen LogP contribution in [0.1, 0.15) is 36.5 Å². The van der Waals surface area contributed by atoms with E-state index in [1.165, 1.54) is 22.5 Å². The molecule has 1 aromatic rings. The number of amides is 1. The van der Waals surface area contributed by atoms with Gasteiger partial charge in [0.25, 0.3) is 5.91 Å². The normalized spacial score (nSPS) is 18.2. The fourth-order valence-electron chi connectivity index (χ4n) is 3.07. The molecule has 1 unspecified atom stereocenters. The molecule has 158 valence electrons. The highest BCUT2D eigenvalue weighted by Crippen LogP contribution is 2.29. The van der Waals surface area contributed by atoms with Gasteiger partial charge in [-0.1, -0.05) is 18.5 Å². The molecule has 7 nitrogen and oxygen atoms in total. The molecule has 1 aromatic carbocycles. The summed E-state index contributed by atoms with van der Waals surface area (Å²) in [6.45, 7) is 4.96. The zero-order valence-corrected chi connectivity index (χ0v) is 18.0. The summed E-state index contributed by atoms with van der Waals surface area (Å²) < 4.78 is 37.7. The zero-order chi connectivity index (χ0) is 20.6. The quantitative estimate of drug-likeness (QED) is 0.574. The molecule has 1 fully saturated rings. The van der Waals surface area contributed by atoms with E-state index in [9.17, 15) is 13.2 Å². The predicted molar refractivity (Wildman–Crippen MR) is 108 cm³/mol. The van der Waals surface area contributed by atoms with Crippen molar-refractivity contribution in [1.29, 1.82) is 0 Å². The van der Waals surface area contributed by atoms with Gasteiger partial charge in [0.15, 0.2) is 0 Å². The molecule has 0 bridgehead atoms. The first kappa shape index (κ1) is 23.1. The van der Waals surface area contributed by atoms with Gasteiger partial charge in [0.05, 0.1) is 18.2 Å². The summed E-state index contributed by atoms with van der Waals surface area (Å²) in [5.74, 6) is -0.0306. The van der Waals surface area contributed by atoms with E-state index in [-0.39, 0.29) is 21.4 Å². The summed E-state index contributed by atoms with van der Waals surface area (Å²) in [6, 6.07) is 4.36. The number of rotatable bonds is 10. The molecule has 1 saturated heterocycles. The topological polar surface area (TPSA) is 84.9 Å². The van der Waals surface area contributed by atoms with Crippen LogP contribution in [0.3, 0.4) is 0 Å². The smallest absolute Gasteiger partial charge is 0.251 e. The van der Waals surface area contributed by atoms with Crippen LogP contribution in [0.2, 0.25) is 5.02 Å². The first-order chi connectivity index (χ1) is 13.4. The van der Waals surface area contributed by atoms with Crippen LogP contribution < -0.4 is 5.32 Å². The second-order valence-corrected chi connectivity index (χ2v) is 9.28. The van der Waals surface area contributed by atoms with Gasteiger partial charge in [-0.15, -0.1) is 0 Å². The Morgan fingerprint density at radius 3 is 2.82 bits per heavy atom. The Morgan fingerprint density at radius 1 is 1.32 bits per heavy atom. The van der Waals surface area contributed by atoms with Crippen molar-refractivity contribution in [3.05, 3.63) is 28.8 Å². The predicted octanol–water partition coefficient (Wildman–Crippen LogP) is 2.54. The lowest BCUT2D eigenvalue weighted by molar-refractivity contribution is 0.0688. The van der Waals surface area contributed by atoms with Crippen LogP contribution in [0.5, 0.6) is 0 Å². The van der Waals surface area contributed by atoms with Crippen molar-refractivity contribution in [3.8, 4) is 0 Å². The van der Waals surface area contributed by atoms with Gasteiger partial charge in [-0.05, 0) is 43.4 Å². The first-order valence-electron chi connectivity index (χ1n) is 9.51. The van der Waals surface area contributed by atoms with Gasteiger partial charge in [-0.2, -0.15) is 4.31 Å². The molecule has 1 atom stereocenters. The molecule has 0 aromatic heterocycles. The van der Waals surface area contributed by atoms with Gasteiger partial charge in [-0.3, -0.25) is 4.79 Å². The van der Waals surface area contributed by atoms with Gasteiger partial charge >= 0.3 is 0 Å². The molecular formula is C19H29ClN2O5S. The summed E-state index contributed by atoms with van der Waals surface area (Å²) >= 11 is 6.16. The molecule has 9 heteroatoms. The number of piperidine rings is 1. The number of benzene rings is 1. The summed E-state index contributed by atoms with van der Waals surface area (Å²) in [4.78, 5) is 12.4. The number of hydrogen-bond acceptors (Lipinski definition) is 5. The summed E-state index contributed by atoms with van der Waals surface area (Å²) in [5.41, 5.74) is 0.272. The highest BCUT2D eigenvalue weighted by molar-refractivity contribution is 7.89. The Hall–Kier alpha value is -1.19. The summed E-state index contributed by atoms with van der Waals surface area (Å²) in [7, 11) is -2.12. The van der Waals surface area contributed by atoms with Gasteiger partial charge in [0, 0.05) is 38.9 Å². The van der Waals surface area contributed by atoms with Crippen molar-refractivity contribution in [1.82, 2.24) is 9.62 Å². The highest BCUT2D eigenvalue weighted by atomic mass is 35.5. The zero-order valence-electron chi connectivity index (χ0n) is 16.4. The molecular weight excluding hydrogens is 404 g/mol. The number of methoxy groups -OCH3 is 1. The lowest BCUT2D eigenvalue weighted by Gasteiger charge is -2.30. The number of halogens is 1. The Balaban J connectivity index is 1.99.